The number of carboxylic acids is 1. The Bertz CT molecular complexity index is 1120. The van der Waals surface area contributed by atoms with Crippen LogP contribution >= 0.6 is 0 Å². The third-order valence-electron chi connectivity index (χ3n) is 14.7. The largest absolute Gasteiger partial charge is 0.490 e. The predicted molar refractivity (Wildman–Crippen MR) is 298 cm³/mol. The van der Waals surface area contributed by atoms with Gasteiger partial charge >= 0.3 is 5.97 Å². The van der Waals surface area contributed by atoms with Gasteiger partial charge in [-0.15, -0.1) is 0 Å². The molecule has 0 saturated carbocycles. The summed E-state index contributed by atoms with van der Waals surface area (Å²) in [6.07, 6.45) is 64.4. The van der Waals surface area contributed by atoms with E-state index < -0.39 is 11.9 Å². The van der Waals surface area contributed by atoms with Gasteiger partial charge in [-0.1, -0.05) is 310 Å². The molecule has 0 aliphatic rings. The zero-order chi connectivity index (χ0) is 49.1. The van der Waals surface area contributed by atoms with Crippen LogP contribution in [0.2, 0.25) is 0 Å². The fraction of sp³-hybridized carbons (Fsp3) is 0.889. The lowest BCUT2D eigenvalue weighted by Gasteiger charge is -2.20. The first-order valence-corrected chi connectivity index (χ1v) is 30.8. The Hall–Kier alpha value is -1.91. The van der Waals surface area contributed by atoms with Crippen molar-refractivity contribution in [2.24, 2.45) is 0 Å². The van der Waals surface area contributed by atoms with E-state index in [4.69, 9.17) is 14.2 Å². The van der Waals surface area contributed by atoms with E-state index in [1.54, 1.807) is 6.92 Å². The lowest BCUT2D eigenvalue weighted by Crippen LogP contribution is -2.11. The van der Waals surface area contributed by atoms with Crippen molar-refractivity contribution in [2.75, 3.05) is 19.8 Å². The van der Waals surface area contributed by atoms with Gasteiger partial charge in [-0.2, -0.15) is 0 Å². The van der Waals surface area contributed by atoms with Gasteiger partial charge < -0.3 is 19.3 Å². The summed E-state index contributed by atoms with van der Waals surface area (Å²) in [5.74, 6) is 0.477. The first kappa shape index (κ1) is 64.1. The number of hydrogen-bond donors (Lipinski definition) is 1. The van der Waals surface area contributed by atoms with Crippen LogP contribution in [0.5, 0.6) is 17.2 Å². The van der Waals surface area contributed by atoms with Gasteiger partial charge in [0.15, 0.2) is 11.5 Å². The molecule has 1 aromatic rings. The number of hydrogen-bond acceptors (Lipinski definition) is 4. The van der Waals surface area contributed by atoms with Gasteiger partial charge in [0.1, 0.15) is 0 Å². The number of carboxylic acid groups (broad SMARTS) is 1. The van der Waals surface area contributed by atoms with E-state index in [2.05, 4.69) is 20.8 Å². The van der Waals surface area contributed by atoms with Crippen molar-refractivity contribution < 1.29 is 24.1 Å². The van der Waals surface area contributed by atoms with Gasteiger partial charge in [-0.05, 0) is 43.9 Å². The second kappa shape index (κ2) is 51.4. The third-order valence-corrected chi connectivity index (χ3v) is 14.7. The maximum atomic E-state index is 12.2. The van der Waals surface area contributed by atoms with E-state index in [1.807, 2.05) is 12.1 Å². The predicted octanol–water partition coefficient (Wildman–Crippen LogP) is 21.8. The summed E-state index contributed by atoms with van der Waals surface area (Å²) in [6.45, 7) is 10.5. The van der Waals surface area contributed by atoms with Gasteiger partial charge in [0, 0.05) is 0 Å². The average molecular weight is 956 g/mol. The minimum Gasteiger partial charge on any atom is -0.490 e. The molecule has 0 amide bonds. The van der Waals surface area contributed by atoms with E-state index in [0.717, 1.165) is 44.1 Å². The number of aliphatic carboxylic acids is 1. The second-order valence-electron chi connectivity index (χ2n) is 21.4. The van der Waals surface area contributed by atoms with Crippen molar-refractivity contribution in [1.29, 1.82) is 0 Å². The molecule has 68 heavy (non-hydrogen) atoms. The maximum Gasteiger partial charge on any atom is 0.310 e. The van der Waals surface area contributed by atoms with Gasteiger partial charge in [0.2, 0.25) is 5.75 Å². The van der Waals surface area contributed by atoms with Crippen LogP contribution in [0, 0.1) is 0 Å². The summed E-state index contributed by atoms with van der Waals surface area (Å²) in [5, 5.41) is 10.0. The molecule has 1 aromatic carbocycles. The van der Waals surface area contributed by atoms with Gasteiger partial charge in [0.05, 0.1) is 25.7 Å². The number of benzene rings is 1. The van der Waals surface area contributed by atoms with Gasteiger partial charge in [-0.25, -0.2) is 0 Å². The number of unbranched alkanes of at least 4 members (excludes halogenated alkanes) is 45. The Morgan fingerprint density at radius 1 is 0.338 bits per heavy atom. The number of rotatable bonds is 56. The Kier molecular flexibility index (Phi) is 48.5. The summed E-state index contributed by atoms with van der Waals surface area (Å²) in [4.78, 5) is 12.2. The van der Waals surface area contributed by atoms with E-state index >= 15 is 0 Å². The lowest BCUT2D eigenvalue weighted by atomic mass is 10.0. The highest BCUT2D eigenvalue weighted by molar-refractivity contribution is 5.76. The van der Waals surface area contributed by atoms with E-state index in [0.29, 0.717) is 37.1 Å². The van der Waals surface area contributed by atoms with Gasteiger partial charge in [0.25, 0.3) is 0 Å². The molecule has 0 aromatic heterocycles. The summed E-state index contributed by atoms with van der Waals surface area (Å²) in [7, 11) is 0. The molecule has 5 nitrogen and oxygen atoms in total. The zero-order valence-electron chi connectivity index (χ0n) is 46.4. The molecule has 0 aliphatic carbocycles. The van der Waals surface area contributed by atoms with Crippen molar-refractivity contribution in [2.45, 2.75) is 342 Å². The molecule has 1 unspecified atom stereocenters. The van der Waals surface area contributed by atoms with Crippen molar-refractivity contribution in [1.82, 2.24) is 0 Å². The van der Waals surface area contributed by atoms with Crippen molar-refractivity contribution >= 4 is 5.97 Å². The summed E-state index contributed by atoms with van der Waals surface area (Å²) in [5.41, 5.74) is 0.719. The molecule has 1 N–H and O–H groups in total. The quantitative estimate of drug-likeness (QED) is 0.0659. The lowest BCUT2D eigenvalue weighted by molar-refractivity contribution is -0.138. The molecule has 1 atom stereocenters. The topological polar surface area (TPSA) is 65.0 Å². The van der Waals surface area contributed by atoms with Crippen LogP contribution in [0.3, 0.4) is 0 Å². The van der Waals surface area contributed by atoms with Gasteiger partial charge in [-0.3, -0.25) is 4.79 Å². The first-order chi connectivity index (χ1) is 33.5. The maximum absolute atomic E-state index is 12.2. The van der Waals surface area contributed by atoms with Crippen LogP contribution in [0.25, 0.3) is 0 Å². The molecule has 0 heterocycles. The standard InChI is InChI=1S/C63H118O5/c1-5-8-11-14-17-20-23-26-29-32-35-38-41-44-47-50-53-66-60-56-59(58(4)63(64)65)57-61(67-54-51-48-45-42-39-36-33-30-27-24-21-18-15-12-9-6-2)62(60)68-55-52-49-46-43-40-37-34-31-28-25-22-19-16-13-10-7-3/h56-58H,5-55H2,1-4H3,(H,64,65). The molecule has 0 bridgehead atoms. The average Bonchev–Trinajstić information content (AvgIpc) is 3.34. The minimum atomic E-state index is -0.834. The molecule has 1 rings (SSSR count). The van der Waals surface area contributed by atoms with E-state index in [1.165, 1.54) is 270 Å². The minimum absolute atomic E-state index is 0.608. The molecule has 0 spiro atoms. The molecule has 0 radical (unpaired) electrons. The van der Waals surface area contributed by atoms with Crippen LogP contribution in [0.1, 0.15) is 347 Å². The molecular formula is C63H118O5. The van der Waals surface area contributed by atoms with Crippen LogP contribution < -0.4 is 14.2 Å². The third kappa shape index (κ3) is 40.8. The fourth-order valence-corrected chi connectivity index (χ4v) is 9.84. The zero-order valence-corrected chi connectivity index (χ0v) is 46.4. The summed E-state index contributed by atoms with van der Waals surface area (Å²) >= 11 is 0. The highest BCUT2D eigenvalue weighted by Gasteiger charge is 2.22. The Balaban J connectivity index is 2.56. The monoisotopic (exact) mass is 955 g/mol. The Morgan fingerprint density at radius 3 is 0.735 bits per heavy atom. The van der Waals surface area contributed by atoms with Crippen LogP contribution in [-0.2, 0) is 4.79 Å². The van der Waals surface area contributed by atoms with Crippen LogP contribution in [0.15, 0.2) is 12.1 Å². The summed E-state index contributed by atoms with van der Waals surface area (Å²) < 4.78 is 19.5. The van der Waals surface area contributed by atoms with Crippen molar-refractivity contribution in [3.05, 3.63) is 17.7 Å². The summed E-state index contributed by atoms with van der Waals surface area (Å²) in [6, 6.07) is 3.82. The second-order valence-corrected chi connectivity index (χ2v) is 21.4. The smallest absolute Gasteiger partial charge is 0.310 e. The highest BCUT2D eigenvalue weighted by Crippen LogP contribution is 2.41. The Labute approximate surface area is 425 Å². The first-order valence-electron chi connectivity index (χ1n) is 30.8. The normalized spacial score (nSPS) is 11.9. The molecule has 400 valence electrons. The van der Waals surface area contributed by atoms with E-state index in [-0.39, 0.29) is 0 Å². The van der Waals surface area contributed by atoms with E-state index in [9.17, 15) is 9.90 Å². The molecule has 0 aliphatic heterocycles. The van der Waals surface area contributed by atoms with Crippen molar-refractivity contribution in [3.63, 3.8) is 0 Å². The SMILES string of the molecule is CCCCCCCCCCCCCCCCCCOc1cc(C(C)C(=O)O)cc(OCCCCCCCCCCCCCCCCCC)c1OCCCCCCCCCCCCCCCCCC. The van der Waals surface area contributed by atoms with Crippen LogP contribution in [-0.4, -0.2) is 30.9 Å². The molecule has 5 heteroatoms. The highest BCUT2D eigenvalue weighted by atomic mass is 16.5. The number of carbonyl (C=O) groups is 1. The molecular weight excluding hydrogens is 837 g/mol. The molecule has 0 fully saturated rings. The van der Waals surface area contributed by atoms with Crippen LogP contribution in [0.4, 0.5) is 0 Å². The Morgan fingerprint density at radius 2 is 0.529 bits per heavy atom. The van der Waals surface area contributed by atoms with Crippen molar-refractivity contribution in [3.8, 4) is 17.2 Å². The number of ether oxygens (including phenoxy) is 3. The fourth-order valence-electron chi connectivity index (χ4n) is 9.84. The molecule has 0 saturated heterocycles.